The Morgan fingerprint density at radius 3 is 2.32 bits per heavy atom. The first kappa shape index (κ1) is 15.9. The van der Waals surface area contributed by atoms with Crippen LogP contribution < -0.4 is 4.57 Å². The molecule has 7 heteroatoms. The predicted molar refractivity (Wildman–Crippen MR) is 73.6 cm³/mol. The van der Waals surface area contributed by atoms with Crippen molar-refractivity contribution in [3.8, 4) is 0 Å². The number of aromatic nitrogens is 1. The molecule has 0 bridgehead atoms. The SMILES string of the molecule is COS(=O)(=O)[O-].CSc1ccc2ccccc2[n+]1C. The molecule has 0 atom stereocenters. The average Bonchev–Trinajstić information content (AvgIpc) is 2.39. The maximum Gasteiger partial charge on any atom is 0.240 e. The Morgan fingerprint density at radius 1 is 1.21 bits per heavy atom. The maximum atomic E-state index is 9.22. The molecule has 5 nitrogen and oxygen atoms in total. The van der Waals surface area contributed by atoms with Crippen molar-refractivity contribution in [2.45, 2.75) is 5.03 Å². The highest BCUT2D eigenvalue weighted by molar-refractivity contribution is 7.98. The lowest BCUT2D eigenvalue weighted by molar-refractivity contribution is -0.683. The van der Waals surface area contributed by atoms with Crippen molar-refractivity contribution in [1.82, 2.24) is 0 Å². The van der Waals surface area contributed by atoms with Crippen LogP contribution in [-0.4, -0.2) is 26.3 Å². The molecule has 2 rings (SSSR count). The number of hydrogen-bond donors (Lipinski definition) is 0. The van der Waals surface area contributed by atoms with E-state index in [9.17, 15) is 13.0 Å². The molecular weight excluding hydrogens is 286 g/mol. The van der Waals surface area contributed by atoms with Crippen LogP contribution in [0.3, 0.4) is 0 Å². The van der Waals surface area contributed by atoms with E-state index in [1.807, 2.05) is 0 Å². The van der Waals surface area contributed by atoms with Gasteiger partial charge in [-0.2, -0.15) is 4.57 Å². The summed E-state index contributed by atoms with van der Waals surface area (Å²) in [6.45, 7) is 0. The van der Waals surface area contributed by atoms with E-state index < -0.39 is 10.4 Å². The van der Waals surface area contributed by atoms with Gasteiger partial charge in [0.25, 0.3) is 0 Å². The first-order valence-corrected chi connectivity index (χ1v) is 7.88. The topological polar surface area (TPSA) is 70.3 Å². The number of nitrogens with zero attached hydrogens (tertiary/aromatic N) is 1. The van der Waals surface area contributed by atoms with Crippen LogP contribution >= 0.6 is 11.8 Å². The Bertz CT molecular complexity index is 656. The van der Waals surface area contributed by atoms with Crippen LogP contribution in [0.4, 0.5) is 0 Å². The van der Waals surface area contributed by atoms with Gasteiger partial charge in [-0.25, -0.2) is 8.42 Å². The van der Waals surface area contributed by atoms with Gasteiger partial charge in [-0.1, -0.05) is 23.9 Å². The first-order chi connectivity index (χ1) is 8.89. The van der Waals surface area contributed by atoms with E-state index in [1.54, 1.807) is 11.8 Å². The summed E-state index contributed by atoms with van der Waals surface area (Å²) in [5, 5.41) is 2.58. The molecule has 0 aliphatic rings. The van der Waals surface area contributed by atoms with E-state index >= 15 is 0 Å². The Labute approximate surface area is 117 Å². The van der Waals surface area contributed by atoms with Gasteiger partial charge in [0, 0.05) is 17.5 Å². The Kier molecular flexibility index (Phi) is 5.74. The lowest BCUT2D eigenvalue weighted by Gasteiger charge is -1.99. The molecule has 19 heavy (non-hydrogen) atoms. The van der Waals surface area contributed by atoms with E-state index in [1.165, 1.54) is 15.9 Å². The molecule has 1 heterocycles. The minimum absolute atomic E-state index is 0.808. The second kappa shape index (κ2) is 6.85. The van der Waals surface area contributed by atoms with Crippen LogP contribution in [0.5, 0.6) is 0 Å². The quantitative estimate of drug-likeness (QED) is 0.364. The van der Waals surface area contributed by atoms with Crippen LogP contribution in [0, 0.1) is 0 Å². The summed E-state index contributed by atoms with van der Waals surface area (Å²) in [7, 11) is -1.50. The molecule has 0 spiro atoms. The normalized spacial score (nSPS) is 10.9. The van der Waals surface area contributed by atoms with Crippen molar-refractivity contribution in [2.75, 3.05) is 13.4 Å². The number of pyridine rings is 1. The van der Waals surface area contributed by atoms with Gasteiger partial charge in [0.2, 0.25) is 20.9 Å². The van der Waals surface area contributed by atoms with E-state index in [2.05, 4.69) is 58.5 Å². The highest BCUT2D eigenvalue weighted by Crippen LogP contribution is 2.14. The first-order valence-electron chi connectivity index (χ1n) is 5.32. The van der Waals surface area contributed by atoms with Crippen molar-refractivity contribution in [3.63, 3.8) is 0 Å². The van der Waals surface area contributed by atoms with Crippen molar-refractivity contribution in [3.05, 3.63) is 36.4 Å². The highest BCUT2D eigenvalue weighted by Gasteiger charge is 2.08. The fourth-order valence-electron chi connectivity index (χ4n) is 1.53. The molecule has 104 valence electrons. The fraction of sp³-hybridized carbons (Fsp3) is 0.250. The van der Waals surface area contributed by atoms with Gasteiger partial charge >= 0.3 is 0 Å². The van der Waals surface area contributed by atoms with E-state index in [0.717, 1.165) is 7.11 Å². The summed E-state index contributed by atoms with van der Waals surface area (Å²) in [4.78, 5) is 0. The molecular formula is C12H15NO4S2. The summed E-state index contributed by atoms with van der Waals surface area (Å²) < 4.78 is 33.2. The second-order valence-corrected chi connectivity index (χ2v) is 5.54. The lowest BCUT2D eigenvalue weighted by atomic mass is 10.2. The van der Waals surface area contributed by atoms with Gasteiger partial charge in [-0.15, -0.1) is 0 Å². The summed E-state index contributed by atoms with van der Waals surface area (Å²) in [5.41, 5.74) is 1.29. The molecule has 0 saturated carbocycles. The number of fused-ring (bicyclic) bond motifs is 1. The average molecular weight is 301 g/mol. The van der Waals surface area contributed by atoms with Gasteiger partial charge < -0.3 is 4.55 Å². The van der Waals surface area contributed by atoms with Crippen LogP contribution in [0.1, 0.15) is 0 Å². The van der Waals surface area contributed by atoms with Gasteiger partial charge in [-0.05, 0) is 18.4 Å². The number of thioether (sulfide) groups is 1. The lowest BCUT2D eigenvalue weighted by Crippen LogP contribution is -2.31. The summed E-state index contributed by atoms with van der Waals surface area (Å²) >= 11 is 1.77. The number of aryl methyl sites for hydroxylation is 1. The number of rotatable bonds is 2. The zero-order valence-corrected chi connectivity index (χ0v) is 12.5. The molecule has 0 amide bonds. The molecule has 0 saturated heterocycles. The van der Waals surface area contributed by atoms with Gasteiger partial charge in [-0.3, -0.25) is 4.18 Å². The van der Waals surface area contributed by atoms with Gasteiger partial charge in [0.05, 0.1) is 7.11 Å². The monoisotopic (exact) mass is 301 g/mol. The largest absolute Gasteiger partial charge is 0.726 e. The molecule has 1 aromatic carbocycles. The number of hydrogen-bond acceptors (Lipinski definition) is 5. The van der Waals surface area contributed by atoms with Crippen molar-refractivity contribution in [2.24, 2.45) is 7.05 Å². The third kappa shape index (κ3) is 4.79. The molecule has 0 aliphatic carbocycles. The van der Waals surface area contributed by atoms with Gasteiger partial charge in [0.1, 0.15) is 7.05 Å². The summed E-state index contributed by atoms with van der Waals surface area (Å²) in [6.07, 6.45) is 2.10. The molecule has 1 aromatic heterocycles. The van der Waals surface area contributed by atoms with E-state index in [-0.39, 0.29) is 0 Å². The summed E-state index contributed by atoms with van der Waals surface area (Å²) in [5.74, 6) is 0. The molecule has 0 fully saturated rings. The zero-order chi connectivity index (χ0) is 14.5. The molecule has 0 unspecified atom stereocenters. The summed E-state index contributed by atoms with van der Waals surface area (Å²) in [6, 6.07) is 12.8. The third-order valence-electron chi connectivity index (χ3n) is 2.45. The zero-order valence-electron chi connectivity index (χ0n) is 10.9. The Balaban J connectivity index is 0.000000258. The standard InChI is InChI=1S/C11H12NS.CH4O4S/c1-12-10-6-4-3-5-9(10)7-8-11(12)13-2;1-5-6(2,3)4/h3-8H,1-2H3;1H3,(H,2,3,4)/q+1;/p-1. The molecule has 2 aromatic rings. The maximum absolute atomic E-state index is 9.22. The molecule has 0 N–H and O–H groups in total. The minimum atomic E-state index is -4.41. The van der Waals surface area contributed by atoms with E-state index in [0.29, 0.717) is 0 Å². The van der Waals surface area contributed by atoms with Crippen molar-refractivity contribution >= 4 is 33.1 Å². The fourth-order valence-corrected chi connectivity index (χ4v) is 2.11. The predicted octanol–water partition coefficient (Wildman–Crippen LogP) is 1.48. The van der Waals surface area contributed by atoms with Crippen LogP contribution in [0.25, 0.3) is 10.9 Å². The third-order valence-corrected chi connectivity index (χ3v) is 3.68. The van der Waals surface area contributed by atoms with Crippen LogP contribution in [0.15, 0.2) is 41.4 Å². The molecule has 0 aliphatic heterocycles. The van der Waals surface area contributed by atoms with Crippen molar-refractivity contribution < 1.29 is 21.7 Å². The van der Waals surface area contributed by atoms with Crippen LogP contribution in [-0.2, 0) is 21.6 Å². The number of benzene rings is 1. The minimum Gasteiger partial charge on any atom is -0.726 e. The van der Waals surface area contributed by atoms with Gasteiger partial charge in [0.15, 0.2) is 0 Å². The van der Waals surface area contributed by atoms with E-state index in [4.69, 9.17) is 0 Å². The van der Waals surface area contributed by atoms with Crippen LogP contribution in [0.2, 0.25) is 0 Å². The smallest absolute Gasteiger partial charge is 0.240 e. The highest BCUT2D eigenvalue weighted by atomic mass is 32.3. The second-order valence-electron chi connectivity index (χ2n) is 3.57. The Hall–Kier alpha value is -1.15. The van der Waals surface area contributed by atoms with Crippen molar-refractivity contribution in [1.29, 1.82) is 0 Å². The Morgan fingerprint density at radius 2 is 1.79 bits per heavy atom. The number of para-hydroxylation sites is 1. The molecule has 0 radical (unpaired) electrons.